The van der Waals surface area contributed by atoms with Crippen molar-refractivity contribution in [3.8, 4) is 11.1 Å². The van der Waals surface area contributed by atoms with Crippen molar-refractivity contribution in [1.82, 2.24) is 5.32 Å². The van der Waals surface area contributed by atoms with Gasteiger partial charge in [-0.05, 0) is 42.5 Å². The van der Waals surface area contributed by atoms with E-state index in [2.05, 4.69) is 5.32 Å². The molecule has 0 spiro atoms. The van der Waals surface area contributed by atoms with E-state index in [9.17, 15) is 18.0 Å². The number of hydrogen-bond donors (Lipinski definition) is 1. The van der Waals surface area contributed by atoms with Crippen molar-refractivity contribution in [1.29, 1.82) is 0 Å². The molecule has 0 radical (unpaired) electrons. The topological polar surface area (TPSA) is 83.6 Å². The molecule has 2 amide bonds. The van der Waals surface area contributed by atoms with E-state index in [1.54, 1.807) is 18.2 Å². The molecular formula is C21H21ClN2O4S. The summed E-state index contributed by atoms with van der Waals surface area (Å²) < 4.78 is 26.1. The van der Waals surface area contributed by atoms with Crippen LogP contribution in [-0.2, 0) is 19.6 Å². The van der Waals surface area contributed by atoms with E-state index in [1.165, 1.54) is 4.31 Å². The first kappa shape index (κ1) is 19.9. The summed E-state index contributed by atoms with van der Waals surface area (Å²) in [5.74, 6) is -0.875. The highest BCUT2D eigenvalue weighted by Crippen LogP contribution is 2.37. The van der Waals surface area contributed by atoms with E-state index in [4.69, 9.17) is 11.6 Å². The number of benzene rings is 2. The largest absolute Gasteiger partial charge is 0.296 e. The Morgan fingerprint density at radius 1 is 1.03 bits per heavy atom. The van der Waals surface area contributed by atoms with Gasteiger partial charge < -0.3 is 0 Å². The molecule has 2 aliphatic heterocycles. The molecule has 1 N–H and O–H groups in total. The Morgan fingerprint density at radius 2 is 1.79 bits per heavy atom. The lowest BCUT2D eigenvalue weighted by Crippen LogP contribution is -2.39. The first-order valence-electron chi connectivity index (χ1n) is 9.60. The van der Waals surface area contributed by atoms with Gasteiger partial charge in [0.05, 0.1) is 22.4 Å². The van der Waals surface area contributed by atoms with Gasteiger partial charge >= 0.3 is 0 Å². The number of carbonyl (C=O) groups excluding carboxylic acids is 2. The van der Waals surface area contributed by atoms with Gasteiger partial charge in [-0.25, -0.2) is 8.42 Å². The van der Waals surface area contributed by atoms with Crippen molar-refractivity contribution in [2.75, 3.05) is 16.6 Å². The molecule has 2 aromatic carbocycles. The van der Waals surface area contributed by atoms with Gasteiger partial charge in [0, 0.05) is 18.5 Å². The number of sulfonamides is 1. The fraction of sp³-hybridized carbons (Fsp3) is 0.333. The second kappa shape index (κ2) is 7.80. The van der Waals surface area contributed by atoms with Gasteiger partial charge in [0.2, 0.25) is 21.8 Å². The maximum Gasteiger partial charge on any atom is 0.235 e. The standard InChI is InChI=1S/C21H21ClN2O4S/c22-20-16(4-3-5-17(20)18-10-11-19(25)23-21(18)26)14-6-8-15(9-7-14)24-12-1-2-13-29(24,27)28/h3-9,18H,1-2,10-13H2,(H,23,25,26)/t18-/m0/s1. The molecular weight excluding hydrogens is 412 g/mol. The molecule has 2 saturated heterocycles. The molecule has 1 atom stereocenters. The number of nitrogens with one attached hydrogen (secondary N) is 1. The predicted octanol–water partition coefficient (Wildman–Crippen LogP) is 3.46. The quantitative estimate of drug-likeness (QED) is 0.753. The lowest BCUT2D eigenvalue weighted by Gasteiger charge is -2.28. The zero-order valence-corrected chi connectivity index (χ0v) is 17.3. The molecule has 29 heavy (non-hydrogen) atoms. The molecule has 152 valence electrons. The summed E-state index contributed by atoms with van der Waals surface area (Å²) in [4.78, 5) is 23.7. The summed E-state index contributed by atoms with van der Waals surface area (Å²) in [6.07, 6.45) is 2.26. The molecule has 4 rings (SSSR count). The molecule has 0 unspecified atom stereocenters. The van der Waals surface area contributed by atoms with Crippen LogP contribution in [0.3, 0.4) is 0 Å². The third-order valence-corrected chi connectivity index (χ3v) is 7.75. The fourth-order valence-corrected chi connectivity index (χ4v) is 5.92. The van der Waals surface area contributed by atoms with Gasteiger partial charge in [0.1, 0.15) is 0 Å². The Bertz CT molecular complexity index is 1070. The number of halogens is 1. The molecule has 0 bridgehead atoms. The number of hydrogen-bond acceptors (Lipinski definition) is 4. The molecule has 2 fully saturated rings. The van der Waals surface area contributed by atoms with Gasteiger partial charge in [-0.15, -0.1) is 0 Å². The highest BCUT2D eigenvalue weighted by molar-refractivity contribution is 7.92. The fourth-order valence-electron chi connectivity index (χ4n) is 3.92. The Balaban J connectivity index is 1.64. The maximum absolute atomic E-state index is 12.3. The normalized spacial score (nSPS) is 21.7. The number of nitrogens with zero attached hydrogens (tertiary/aromatic N) is 1. The Labute approximate surface area is 174 Å². The Hall–Kier alpha value is -2.38. The molecule has 2 heterocycles. The minimum absolute atomic E-state index is 0.175. The van der Waals surface area contributed by atoms with E-state index in [0.29, 0.717) is 35.7 Å². The zero-order valence-electron chi connectivity index (χ0n) is 15.7. The first-order chi connectivity index (χ1) is 13.9. The maximum atomic E-state index is 12.3. The van der Waals surface area contributed by atoms with Gasteiger partial charge in [0.15, 0.2) is 0 Å². The van der Waals surface area contributed by atoms with Gasteiger partial charge in [0.25, 0.3) is 0 Å². The smallest absolute Gasteiger partial charge is 0.235 e. The van der Waals surface area contributed by atoms with E-state index < -0.39 is 15.9 Å². The van der Waals surface area contributed by atoms with Crippen LogP contribution in [0.5, 0.6) is 0 Å². The Kier molecular flexibility index (Phi) is 5.36. The number of piperidine rings is 1. The lowest BCUT2D eigenvalue weighted by atomic mass is 9.88. The number of anilines is 1. The Morgan fingerprint density at radius 3 is 2.48 bits per heavy atom. The second-order valence-corrected chi connectivity index (χ2v) is 9.75. The van der Waals surface area contributed by atoms with Crippen molar-refractivity contribution in [3.63, 3.8) is 0 Å². The third kappa shape index (κ3) is 3.89. The molecule has 0 aromatic heterocycles. The summed E-state index contributed by atoms with van der Waals surface area (Å²) in [7, 11) is -3.26. The van der Waals surface area contributed by atoms with Gasteiger partial charge in [-0.1, -0.05) is 41.9 Å². The van der Waals surface area contributed by atoms with Crippen LogP contribution in [-0.4, -0.2) is 32.5 Å². The van der Waals surface area contributed by atoms with Crippen molar-refractivity contribution in [3.05, 3.63) is 53.1 Å². The van der Waals surface area contributed by atoms with Crippen LogP contribution in [0.1, 0.15) is 37.2 Å². The lowest BCUT2D eigenvalue weighted by molar-refractivity contribution is -0.134. The van der Waals surface area contributed by atoms with E-state index in [1.807, 2.05) is 24.3 Å². The summed E-state index contributed by atoms with van der Waals surface area (Å²) in [6.45, 7) is 0.493. The average molecular weight is 433 g/mol. The van der Waals surface area contributed by atoms with Crippen molar-refractivity contribution in [2.24, 2.45) is 0 Å². The van der Waals surface area contributed by atoms with Crippen molar-refractivity contribution >= 4 is 39.1 Å². The van der Waals surface area contributed by atoms with Crippen molar-refractivity contribution in [2.45, 2.75) is 31.6 Å². The molecule has 6 nitrogen and oxygen atoms in total. The third-order valence-electron chi connectivity index (χ3n) is 5.46. The number of carbonyl (C=O) groups is 2. The molecule has 8 heteroatoms. The molecule has 2 aliphatic rings. The van der Waals surface area contributed by atoms with Gasteiger partial charge in [-0.2, -0.15) is 0 Å². The minimum Gasteiger partial charge on any atom is -0.296 e. The number of amides is 2. The van der Waals surface area contributed by atoms with E-state index >= 15 is 0 Å². The molecule has 2 aromatic rings. The van der Waals surface area contributed by atoms with Gasteiger partial charge in [-0.3, -0.25) is 19.2 Å². The molecule has 0 aliphatic carbocycles. The highest BCUT2D eigenvalue weighted by atomic mass is 35.5. The minimum atomic E-state index is -3.26. The summed E-state index contributed by atoms with van der Waals surface area (Å²) in [5.41, 5.74) is 2.94. The highest BCUT2D eigenvalue weighted by Gasteiger charge is 2.30. The predicted molar refractivity (Wildman–Crippen MR) is 112 cm³/mol. The number of rotatable bonds is 3. The van der Waals surface area contributed by atoms with Crippen LogP contribution in [0.15, 0.2) is 42.5 Å². The number of imide groups is 1. The SMILES string of the molecule is O=C1CC[C@@H](c2cccc(-c3ccc(N4CCCCS4(=O)=O)cc3)c2Cl)C(=O)N1. The second-order valence-electron chi connectivity index (χ2n) is 7.35. The van der Waals surface area contributed by atoms with Crippen LogP contribution in [0.25, 0.3) is 11.1 Å². The van der Waals surface area contributed by atoms with Crippen LogP contribution in [0.4, 0.5) is 5.69 Å². The summed E-state index contributed by atoms with van der Waals surface area (Å²) >= 11 is 6.64. The summed E-state index contributed by atoms with van der Waals surface area (Å²) in [6, 6.07) is 12.8. The zero-order chi connectivity index (χ0) is 20.6. The average Bonchev–Trinajstić information content (AvgIpc) is 2.69. The van der Waals surface area contributed by atoms with Crippen LogP contribution in [0.2, 0.25) is 5.02 Å². The van der Waals surface area contributed by atoms with Crippen molar-refractivity contribution < 1.29 is 18.0 Å². The van der Waals surface area contributed by atoms with Crippen LogP contribution >= 0.6 is 11.6 Å². The van der Waals surface area contributed by atoms with E-state index in [0.717, 1.165) is 17.5 Å². The first-order valence-corrected chi connectivity index (χ1v) is 11.6. The monoisotopic (exact) mass is 432 g/mol. The van der Waals surface area contributed by atoms with Crippen LogP contribution < -0.4 is 9.62 Å². The van der Waals surface area contributed by atoms with E-state index in [-0.39, 0.29) is 24.0 Å². The molecule has 0 saturated carbocycles. The summed E-state index contributed by atoms with van der Waals surface area (Å²) in [5, 5.41) is 2.84. The van der Waals surface area contributed by atoms with Crippen LogP contribution in [0, 0.1) is 0 Å².